The zero-order chi connectivity index (χ0) is 16.7. The first-order chi connectivity index (χ1) is 11.6. The molecule has 2 atom stereocenters. The van der Waals surface area contributed by atoms with Crippen molar-refractivity contribution in [1.82, 2.24) is 4.90 Å². The van der Waals surface area contributed by atoms with Crippen LogP contribution in [-0.4, -0.2) is 35.0 Å². The van der Waals surface area contributed by atoms with Crippen molar-refractivity contribution >= 4 is 23.2 Å². The molecule has 1 N–H and O–H groups in total. The number of hydrogen-bond donors (Lipinski definition) is 1. The number of nitrogens with zero attached hydrogens (tertiary/aromatic N) is 1. The summed E-state index contributed by atoms with van der Waals surface area (Å²) in [6, 6.07) is 11.7. The molecule has 1 aliphatic heterocycles. The molecule has 1 aromatic heterocycles. The Labute approximate surface area is 144 Å². The normalized spacial score (nSPS) is 22.6. The summed E-state index contributed by atoms with van der Waals surface area (Å²) < 4.78 is 0. The van der Waals surface area contributed by atoms with Crippen LogP contribution in [0.1, 0.15) is 38.0 Å². The van der Waals surface area contributed by atoms with E-state index in [1.165, 1.54) is 16.9 Å². The summed E-state index contributed by atoms with van der Waals surface area (Å²) in [5.74, 6) is -1.52. The molecule has 0 radical (unpaired) electrons. The summed E-state index contributed by atoms with van der Waals surface area (Å²) >= 11 is 1.58. The van der Waals surface area contributed by atoms with E-state index in [1.807, 2.05) is 36.4 Å². The number of carbonyl (C=O) groups is 2. The highest BCUT2D eigenvalue weighted by Gasteiger charge is 2.41. The first-order valence-corrected chi connectivity index (χ1v) is 9.13. The van der Waals surface area contributed by atoms with E-state index in [9.17, 15) is 14.7 Å². The molecular weight excluding hydrogens is 322 g/mol. The average Bonchev–Trinajstić information content (AvgIpc) is 3.28. The molecule has 1 amide bonds. The number of fused-ring (bicyclic) bond motifs is 1. The largest absolute Gasteiger partial charge is 0.481 e. The standard InChI is InChI=1S/C19H19NO3S/c21-18(17-9-13-7-4-8-16(13)24-17)20-10-14(15(11-20)19(22)23)12-5-2-1-3-6-12/h1-3,5-6,9,14-15H,4,7-8,10-11H2,(H,22,23)/t14-,15-/m1/s1. The first kappa shape index (κ1) is 15.4. The number of thiophene rings is 1. The molecule has 0 unspecified atom stereocenters. The molecule has 1 saturated heterocycles. The van der Waals surface area contributed by atoms with E-state index >= 15 is 0 Å². The second-order valence-electron chi connectivity index (χ2n) is 6.58. The summed E-state index contributed by atoms with van der Waals surface area (Å²) in [7, 11) is 0. The van der Waals surface area contributed by atoms with Crippen molar-refractivity contribution in [2.24, 2.45) is 5.92 Å². The van der Waals surface area contributed by atoms with Crippen molar-refractivity contribution in [2.45, 2.75) is 25.2 Å². The second-order valence-corrected chi connectivity index (χ2v) is 7.72. The van der Waals surface area contributed by atoms with Gasteiger partial charge in [-0.05, 0) is 36.5 Å². The SMILES string of the molecule is O=C(O)[C@@H]1CN(C(=O)c2cc3c(s2)CCC3)C[C@@H]1c1ccccc1. The summed E-state index contributed by atoms with van der Waals surface area (Å²) in [4.78, 5) is 28.3. The number of carboxylic acid groups (broad SMARTS) is 1. The van der Waals surface area contributed by atoms with Gasteiger partial charge in [-0.3, -0.25) is 9.59 Å². The lowest BCUT2D eigenvalue weighted by atomic mass is 9.89. The van der Waals surface area contributed by atoms with Crippen LogP contribution in [0.25, 0.3) is 0 Å². The lowest BCUT2D eigenvalue weighted by Gasteiger charge is -2.15. The van der Waals surface area contributed by atoms with Crippen LogP contribution in [0.15, 0.2) is 36.4 Å². The Hall–Kier alpha value is -2.14. The lowest BCUT2D eigenvalue weighted by Crippen LogP contribution is -2.29. The van der Waals surface area contributed by atoms with Crippen molar-refractivity contribution in [3.05, 3.63) is 57.3 Å². The monoisotopic (exact) mass is 341 g/mol. The molecule has 0 spiro atoms. The molecule has 4 nitrogen and oxygen atoms in total. The molecule has 1 aliphatic carbocycles. The lowest BCUT2D eigenvalue weighted by molar-refractivity contribution is -0.141. The van der Waals surface area contributed by atoms with Gasteiger partial charge in [0, 0.05) is 23.9 Å². The zero-order valence-corrected chi connectivity index (χ0v) is 14.1. The maximum Gasteiger partial charge on any atom is 0.308 e. The molecule has 24 heavy (non-hydrogen) atoms. The third-order valence-electron chi connectivity index (χ3n) is 5.11. The van der Waals surface area contributed by atoms with Gasteiger partial charge in [-0.15, -0.1) is 11.3 Å². The summed E-state index contributed by atoms with van der Waals surface area (Å²) in [5.41, 5.74) is 2.30. The quantitative estimate of drug-likeness (QED) is 0.933. The van der Waals surface area contributed by atoms with Crippen LogP contribution >= 0.6 is 11.3 Å². The minimum atomic E-state index is -0.826. The van der Waals surface area contributed by atoms with Gasteiger partial charge in [0.2, 0.25) is 0 Å². The van der Waals surface area contributed by atoms with E-state index in [0.29, 0.717) is 6.54 Å². The first-order valence-electron chi connectivity index (χ1n) is 8.32. The van der Waals surface area contributed by atoms with Crippen molar-refractivity contribution in [3.63, 3.8) is 0 Å². The number of hydrogen-bond acceptors (Lipinski definition) is 3. The molecule has 2 aliphatic rings. The third kappa shape index (κ3) is 2.63. The molecule has 0 bridgehead atoms. The summed E-state index contributed by atoms with van der Waals surface area (Å²) in [6.07, 6.45) is 3.30. The molecule has 0 saturated carbocycles. The smallest absolute Gasteiger partial charge is 0.308 e. The van der Waals surface area contributed by atoms with Gasteiger partial charge in [-0.25, -0.2) is 0 Å². The highest BCUT2D eigenvalue weighted by molar-refractivity contribution is 7.14. The van der Waals surface area contributed by atoms with Gasteiger partial charge < -0.3 is 10.0 Å². The van der Waals surface area contributed by atoms with E-state index in [-0.39, 0.29) is 18.4 Å². The molecule has 5 heteroatoms. The minimum Gasteiger partial charge on any atom is -0.481 e. The van der Waals surface area contributed by atoms with Gasteiger partial charge in [-0.1, -0.05) is 30.3 Å². The second kappa shape index (κ2) is 6.06. The topological polar surface area (TPSA) is 57.6 Å². The number of likely N-dealkylation sites (tertiary alicyclic amines) is 1. The number of aryl methyl sites for hydroxylation is 2. The number of aliphatic carboxylic acids is 1. The van der Waals surface area contributed by atoms with Crippen molar-refractivity contribution in [1.29, 1.82) is 0 Å². The summed E-state index contributed by atoms with van der Waals surface area (Å²) in [5, 5.41) is 9.58. The Balaban J connectivity index is 1.58. The van der Waals surface area contributed by atoms with Crippen molar-refractivity contribution < 1.29 is 14.7 Å². The van der Waals surface area contributed by atoms with Gasteiger partial charge in [0.05, 0.1) is 10.8 Å². The number of amides is 1. The van der Waals surface area contributed by atoms with Crippen LogP contribution in [0.5, 0.6) is 0 Å². The predicted octanol–water partition coefficient (Wildman–Crippen LogP) is 3.18. The van der Waals surface area contributed by atoms with E-state index in [2.05, 4.69) is 0 Å². The van der Waals surface area contributed by atoms with Gasteiger partial charge in [0.1, 0.15) is 0 Å². The Morgan fingerprint density at radius 3 is 2.62 bits per heavy atom. The third-order valence-corrected chi connectivity index (χ3v) is 6.33. The molecular formula is C19H19NO3S. The van der Waals surface area contributed by atoms with Crippen molar-refractivity contribution in [2.75, 3.05) is 13.1 Å². The molecule has 1 fully saturated rings. The van der Waals surface area contributed by atoms with E-state index < -0.39 is 11.9 Å². The number of benzene rings is 1. The van der Waals surface area contributed by atoms with Crippen LogP contribution in [-0.2, 0) is 17.6 Å². The van der Waals surface area contributed by atoms with Gasteiger partial charge in [0.25, 0.3) is 5.91 Å². The van der Waals surface area contributed by atoms with Crippen LogP contribution in [0.3, 0.4) is 0 Å². The van der Waals surface area contributed by atoms with Crippen LogP contribution in [0.2, 0.25) is 0 Å². The molecule has 4 rings (SSSR count). The predicted molar refractivity (Wildman–Crippen MR) is 92.6 cm³/mol. The summed E-state index contributed by atoms with van der Waals surface area (Å²) in [6.45, 7) is 0.763. The number of carboxylic acids is 1. The van der Waals surface area contributed by atoms with Gasteiger partial charge >= 0.3 is 5.97 Å². The maximum absolute atomic E-state index is 12.8. The van der Waals surface area contributed by atoms with Gasteiger partial charge in [-0.2, -0.15) is 0 Å². The number of rotatable bonds is 3. The highest BCUT2D eigenvalue weighted by atomic mass is 32.1. The molecule has 124 valence electrons. The Kier molecular flexibility index (Phi) is 3.88. The molecule has 1 aromatic carbocycles. The Morgan fingerprint density at radius 2 is 1.92 bits per heavy atom. The van der Waals surface area contributed by atoms with Gasteiger partial charge in [0.15, 0.2) is 0 Å². The number of carbonyl (C=O) groups excluding carboxylic acids is 1. The zero-order valence-electron chi connectivity index (χ0n) is 13.3. The van der Waals surface area contributed by atoms with Crippen LogP contribution in [0, 0.1) is 5.92 Å². The fraction of sp³-hybridized carbons (Fsp3) is 0.368. The van der Waals surface area contributed by atoms with Crippen molar-refractivity contribution in [3.8, 4) is 0 Å². The Morgan fingerprint density at radius 1 is 1.12 bits per heavy atom. The average molecular weight is 341 g/mol. The van der Waals surface area contributed by atoms with Crippen LogP contribution < -0.4 is 0 Å². The fourth-order valence-electron chi connectivity index (χ4n) is 3.85. The van der Waals surface area contributed by atoms with E-state index in [0.717, 1.165) is 23.3 Å². The maximum atomic E-state index is 12.8. The van der Waals surface area contributed by atoms with Crippen LogP contribution in [0.4, 0.5) is 0 Å². The highest BCUT2D eigenvalue weighted by Crippen LogP contribution is 2.36. The minimum absolute atomic E-state index is 0.0147. The molecule has 2 heterocycles. The fourth-order valence-corrected chi connectivity index (χ4v) is 5.07. The van der Waals surface area contributed by atoms with E-state index in [1.54, 1.807) is 16.2 Å². The Bertz CT molecular complexity index is 762. The molecule has 2 aromatic rings. The van der Waals surface area contributed by atoms with E-state index in [4.69, 9.17) is 0 Å².